The molecule has 1 rings (SSSR count). The second kappa shape index (κ2) is 7.23. The van der Waals surface area contributed by atoms with E-state index >= 15 is 0 Å². The number of halogens is 3. The molecular formula is C11H16ClI2NO. The first-order valence-electron chi connectivity index (χ1n) is 4.85. The SMILES string of the molecule is CC(C)C[C@H](N)c1cc(I)cc(I)c1O.Cl. The van der Waals surface area contributed by atoms with Crippen molar-refractivity contribution in [3.05, 3.63) is 24.8 Å². The van der Waals surface area contributed by atoms with E-state index in [2.05, 4.69) is 59.0 Å². The summed E-state index contributed by atoms with van der Waals surface area (Å²) in [7, 11) is 0. The monoisotopic (exact) mass is 467 g/mol. The van der Waals surface area contributed by atoms with Gasteiger partial charge < -0.3 is 10.8 Å². The zero-order valence-corrected chi connectivity index (χ0v) is 14.3. The molecule has 5 heteroatoms. The Balaban J connectivity index is 0.00000225. The molecule has 0 fully saturated rings. The molecule has 0 unspecified atom stereocenters. The Morgan fingerprint density at radius 3 is 2.38 bits per heavy atom. The minimum Gasteiger partial charge on any atom is -0.506 e. The van der Waals surface area contributed by atoms with E-state index in [-0.39, 0.29) is 18.4 Å². The molecule has 0 saturated heterocycles. The van der Waals surface area contributed by atoms with Crippen LogP contribution in [0, 0.1) is 13.1 Å². The van der Waals surface area contributed by atoms with Gasteiger partial charge in [0.1, 0.15) is 5.75 Å². The molecule has 0 amide bonds. The first-order chi connectivity index (χ1) is 6.91. The maximum Gasteiger partial charge on any atom is 0.133 e. The van der Waals surface area contributed by atoms with E-state index in [1.165, 1.54) is 0 Å². The number of aromatic hydroxyl groups is 1. The highest BCUT2D eigenvalue weighted by atomic mass is 127. The summed E-state index contributed by atoms with van der Waals surface area (Å²) < 4.78 is 1.98. The minimum atomic E-state index is -0.0757. The van der Waals surface area contributed by atoms with Gasteiger partial charge in [-0.3, -0.25) is 0 Å². The van der Waals surface area contributed by atoms with Gasteiger partial charge in [-0.1, -0.05) is 13.8 Å². The van der Waals surface area contributed by atoms with Gasteiger partial charge >= 0.3 is 0 Å². The van der Waals surface area contributed by atoms with Crippen molar-refractivity contribution in [2.75, 3.05) is 0 Å². The zero-order chi connectivity index (χ0) is 11.6. The van der Waals surface area contributed by atoms with Gasteiger partial charge in [0.2, 0.25) is 0 Å². The van der Waals surface area contributed by atoms with E-state index in [4.69, 9.17) is 5.73 Å². The first-order valence-corrected chi connectivity index (χ1v) is 7.01. The number of phenols is 1. The van der Waals surface area contributed by atoms with E-state index in [1.54, 1.807) is 0 Å². The largest absolute Gasteiger partial charge is 0.506 e. The van der Waals surface area contributed by atoms with Crippen molar-refractivity contribution in [1.82, 2.24) is 0 Å². The number of rotatable bonds is 3. The van der Waals surface area contributed by atoms with Gasteiger partial charge in [0.25, 0.3) is 0 Å². The summed E-state index contributed by atoms with van der Waals surface area (Å²) in [6.07, 6.45) is 0.893. The molecule has 1 aromatic carbocycles. The molecule has 16 heavy (non-hydrogen) atoms. The Morgan fingerprint density at radius 2 is 1.88 bits per heavy atom. The second-order valence-electron chi connectivity index (χ2n) is 4.06. The van der Waals surface area contributed by atoms with Crippen molar-refractivity contribution in [1.29, 1.82) is 0 Å². The quantitative estimate of drug-likeness (QED) is 0.659. The average molecular weight is 468 g/mol. The van der Waals surface area contributed by atoms with Crippen LogP contribution in [-0.4, -0.2) is 5.11 Å². The van der Waals surface area contributed by atoms with E-state index in [0.29, 0.717) is 11.7 Å². The third-order valence-corrected chi connectivity index (χ3v) is 3.63. The lowest BCUT2D eigenvalue weighted by atomic mass is 9.97. The topological polar surface area (TPSA) is 46.2 Å². The van der Waals surface area contributed by atoms with Crippen LogP contribution in [0.4, 0.5) is 0 Å². The van der Waals surface area contributed by atoms with Crippen molar-refractivity contribution in [2.45, 2.75) is 26.3 Å². The van der Waals surface area contributed by atoms with Gasteiger partial charge in [-0.15, -0.1) is 12.4 Å². The Labute approximate surface area is 130 Å². The highest BCUT2D eigenvalue weighted by Gasteiger charge is 2.15. The van der Waals surface area contributed by atoms with Crippen LogP contribution in [0.25, 0.3) is 0 Å². The van der Waals surface area contributed by atoms with Gasteiger partial charge in [0.05, 0.1) is 3.57 Å². The maximum absolute atomic E-state index is 9.91. The lowest BCUT2D eigenvalue weighted by Crippen LogP contribution is -2.13. The van der Waals surface area contributed by atoms with Crippen LogP contribution < -0.4 is 5.73 Å². The Hall–Kier alpha value is 0.730. The van der Waals surface area contributed by atoms with E-state index < -0.39 is 0 Å². The summed E-state index contributed by atoms with van der Waals surface area (Å²) in [5.74, 6) is 0.874. The number of hydrogen-bond donors (Lipinski definition) is 2. The lowest BCUT2D eigenvalue weighted by molar-refractivity contribution is 0.442. The molecule has 1 atom stereocenters. The molecular weight excluding hydrogens is 451 g/mol. The van der Waals surface area contributed by atoms with Gasteiger partial charge in [-0.2, -0.15) is 0 Å². The predicted octanol–water partition coefficient (Wildman–Crippen LogP) is 4.07. The van der Waals surface area contributed by atoms with E-state index in [9.17, 15) is 5.11 Å². The summed E-state index contributed by atoms with van der Waals surface area (Å²) >= 11 is 4.38. The van der Waals surface area contributed by atoms with Crippen molar-refractivity contribution in [3.63, 3.8) is 0 Å². The van der Waals surface area contributed by atoms with Crippen LogP contribution in [0.15, 0.2) is 12.1 Å². The van der Waals surface area contributed by atoms with Gasteiger partial charge in [-0.25, -0.2) is 0 Å². The maximum atomic E-state index is 9.91. The molecule has 0 aliphatic rings. The standard InChI is InChI=1S/C11H15I2NO.ClH/c1-6(2)3-10(14)8-4-7(12)5-9(13)11(8)15;/h4-6,10,15H,3,14H2,1-2H3;1H/t10-;/m0./s1. The lowest BCUT2D eigenvalue weighted by Gasteiger charge is -2.17. The van der Waals surface area contributed by atoms with Gasteiger partial charge in [0, 0.05) is 15.2 Å². The molecule has 0 aliphatic carbocycles. The van der Waals surface area contributed by atoms with E-state index in [1.807, 2.05) is 12.1 Å². The van der Waals surface area contributed by atoms with Gasteiger partial charge in [-0.05, 0) is 69.7 Å². The molecule has 1 aromatic rings. The molecule has 0 radical (unpaired) electrons. The first kappa shape index (κ1) is 16.7. The van der Waals surface area contributed by atoms with Crippen LogP contribution in [0.5, 0.6) is 5.75 Å². The Morgan fingerprint density at radius 1 is 1.31 bits per heavy atom. The fourth-order valence-electron chi connectivity index (χ4n) is 1.50. The van der Waals surface area contributed by atoms with Crippen molar-refractivity contribution < 1.29 is 5.11 Å². The summed E-state index contributed by atoms with van der Waals surface area (Å²) in [6, 6.07) is 3.83. The summed E-state index contributed by atoms with van der Waals surface area (Å²) in [5.41, 5.74) is 6.93. The molecule has 0 aromatic heterocycles. The summed E-state index contributed by atoms with van der Waals surface area (Å²) in [5, 5.41) is 9.91. The van der Waals surface area contributed by atoms with Crippen molar-refractivity contribution in [3.8, 4) is 5.75 Å². The van der Waals surface area contributed by atoms with Crippen LogP contribution >= 0.6 is 57.6 Å². The van der Waals surface area contributed by atoms with Crippen LogP contribution in [0.3, 0.4) is 0 Å². The second-order valence-corrected chi connectivity index (χ2v) is 6.47. The summed E-state index contributed by atoms with van der Waals surface area (Å²) in [4.78, 5) is 0. The number of nitrogens with two attached hydrogens (primary N) is 1. The summed E-state index contributed by atoms with van der Waals surface area (Å²) in [6.45, 7) is 4.27. The van der Waals surface area contributed by atoms with Crippen molar-refractivity contribution in [2.24, 2.45) is 11.7 Å². The molecule has 0 spiro atoms. The van der Waals surface area contributed by atoms with Crippen molar-refractivity contribution >= 4 is 57.6 Å². The molecule has 92 valence electrons. The number of benzene rings is 1. The highest BCUT2D eigenvalue weighted by Crippen LogP contribution is 2.32. The Kier molecular flexibility index (Phi) is 7.56. The van der Waals surface area contributed by atoms with Crippen LogP contribution in [0.1, 0.15) is 31.9 Å². The third-order valence-electron chi connectivity index (χ3n) is 2.18. The third kappa shape index (κ3) is 4.54. The normalized spacial score (nSPS) is 12.4. The zero-order valence-electron chi connectivity index (χ0n) is 9.21. The highest BCUT2D eigenvalue weighted by molar-refractivity contribution is 14.1. The minimum absolute atomic E-state index is 0. The Bertz CT molecular complexity index is 358. The molecule has 0 aliphatic heterocycles. The molecule has 3 N–H and O–H groups in total. The fourth-order valence-corrected chi connectivity index (χ4v) is 3.39. The van der Waals surface area contributed by atoms with E-state index in [0.717, 1.165) is 19.1 Å². The van der Waals surface area contributed by atoms with Crippen LogP contribution in [-0.2, 0) is 0 Å². The number of phenolic OH excluding ortho intramolecular Hbond substituents is 1. The molecule has 2 nitrogen and oxygen atoms in total. The van der Waals surface area contributed by atoms with Crippen LogP contribution in [0.2, 0.25) is 0 Å². The molecule has 0 heterocycles. The molecule has 0 saturated carbocycles. The van der Waals surface area contributed by atoms with Gasteiger partial charge in [0.15, 0.2) is 0 Å². The number of hydrogen-bond acceptors (Lipinski definition) is 2. The predicted molar refractivity (Wildman–Crippen MR) is 87.2 cm³/mol. The fraction of sp³-hybridized carbons (Fsp3) is 0.455. The smallest absolute Gasteiger partial charge is 0.133 e. The molecule has 0 bridgehead atoms. The average Bonchev–Trinajstić information content (AvgIpc) is 2.09.